The number of hydrogen-bond acceptors (Lipinski definition) is 2. The van der Waals surface area contributed by atoms with Crippen molar-refractivity contribution >= 4 is 5.69 Å². The highest BCUT2D eigenvalue weighted by molar-refractivity contribution is 5.52. The van der Waals surface area contributed by atoms with Gasteiger partial charge in [0.2, 0.25) is 0 Å². The van der Waals surface area contributed by atoms with Crippen LogP contribution in [0.1, 0.15) is 32.1 Å². The van der Waals surface area contributed by atoms with Gasteiger partial charge in [0.1, 0.15) is 17.3 Å². The van der Waals surface area contributed by atoms with E-state index in [4.69, 9.17) is 5.73 Å². The minimum absolute atomic E-state index is 0.152. The number of anilines is 1. The maximum atomic E-state index is 13.9. The minimum Gasteiger partial charge on any atom is -0.361 e. The zero-order chi connectivity index (χ0) is 12.7. The summed E-state index contributed by atoms with van der Waals surface area (Å²) in [5, 5.41) is 0. The van der Waals surface area contributed by atoms with Crippen molar-refractivity contribution in [1.29, 1.82) is 0 Å². The third-order valence-corrected chi connectivity index (χ3v) is 4.21. The Morgan fingerprint density at radius 2 is 1.61 bits per heavy atom. The number of halogens is 2. The molecule has 1 aromatic rings. The molecule has 2 aliphatic heterocycles. The Kier molecular flexibility index (Phi) is 2.98. The van der Waals surface area contributed by atoms with E-state index in [2.05, 4.69) is 0 Å². The SMILES string of the molecule is NC1CC2CCCC(C1)N2c1c(F)cccc1F. The lowest BCUT2D eigenvalue weighted by Gasteiger charge is -2.49. The van der Waals surface area contributed by atoms with Crippen LogP contribution in [0, 0.1) is 11.6 Å². The Morgan fingerprint density at radius 3 is 2.17 bits per heavy atom. The molecule has 2 bridgehead atoms. The van der Waals surface area contributed by atoms with Crippen molar-refractivity contribution < 1.29 is 8.78 Å². The quantitative estimate of drug-likeness (QED) is 0.832. The molecule has 2 heterocycles. The number of fused-ring (bicyclic) bond motifs is 2. The summed E-state index contributed by atoms with van der Waals surface area (Å²) >= 11 is 0. The largest absolute Gasteiger partial charge is 0.361 e. The number of nitrogens with two attached hydrogens (primary N) is 1. The molecule has 0 amide bonds. The van der Waals surface area contributed by atoms with Crippen molar-refractivity contribution in [1.82, 2.24) is 0 Å². The first-order valence-corrected chi connectivity index (χ1v) is 6.64. The van der Waals surface area contributed by atoms with E-state index in [1.807, 2.05) is 4.90 Å². The van der Waals surface area contributed by atoms with Gasteiger partial charge in [-0.05, 0) is 44.2 Å². The minimum atomic E-state index is -0.456. The van der Waals surface area contributed by atoms with Crippen LogP contribution in [0.5, 0.6) is 0 Å². The first kappa shape index (κ1) is 11.9. The molecule has 2 unspecified atom stereocenters. The van der Waals surface area contributed by atoms with Gasteiger partial charge in [0, 0.05) is 18.1 Å². The van der Waals surface area contributed by atoms with E-state index in [0.717, 1.165) is 32.1 Å². The number of hydrogen-bond donors (Lipinski definition) is 1. The topological polar surface area (TPSA) is 29.3 Å². The molecule has 0 radical (unpaired) electrons. The Bertz CT molecular complexity index is 415. The van der Waals surface area contributed by atoms with E-state index in [1.165, 1.54) is 18.2 Å². The van der Waals surface area contributed by atoms with Crippen LogP contribution in [0.2, 0.25) is 0 Å². The molecule has 18 heavy (non-hydrogen) atoms. The third-order valence-electron chi connectivity index (χ3n) is 4.21. The van der Waals surface area contributed by atoms with Crippen LogP contribution in [0.4, 0.5) is 14.5 Å². The predicted octanol–water partition coefficient (Wildman–Crippen LogP) is 2.81. The Balaban J connectivity index is 2.00. The molecule has 3 rings (SSSR count). The average Bonchev–Trinajstić information content (AvgIpc) is 2.29. The number of benzene rings is 1. The molecule has 0 spiro atoms. The molecular formula is C14H18F2N2. The number of rotatable bonds is 1. The molecule has 2 saturated heterocycles. The molecule has 2 aliphatic rings. The monoisotopic (exact) mass is 252 g/mol. The second-order valence-corrected chi connectivity index (χ2v) is 5.45. The Hall–Kier alpha value is -1.16. The summed E-state index contributed by atoms with van der Waals surface area (Å²) in [7, 11) is 0. The van der Waals surface area contributed by atoms with Crippen molar-refractivity contribution in [3.63, 3.8) is 0 Å². The summed E-state index contributed by atoms with van der Waals surface area (Å²) in [6.45, 7) is 0. The van der Waals surface area contributed by atoms with E-state index >= 15 is 0 Å². The van der Waals surface area contributed by atoms with Gasteiger partial charge in [-0.15, -0.1) is 0 Å². The molecule has 0 saturated carbocycles. The Morgan fingerprint density at radius 1 is 1.06 bits per heavy atom. The molecule has 0 aliphatic carbocycles. The van der Waals surface area contributed by atoms with Crippen LogP contribution in [0.3, 0.4) is 0 Å². The molecule has 2 fully saturated rings. The zero-order valence-electron chi connectivity index (χ0n) is 10.3. The first-order valence-electron chi connectivity index (χ1n) is 6.64. The summed E-state index contributed by atoms with van der Waals surface area (Å²) in [5.74, 6) is -0.912. The fourth-order valence-electron chi connectivity index (χ4n) is 3.52. The summed E-state index contributed by atoms with van der Waals surface area (Å²) in [6, 6.07) is 4.65. The van der Waals surface area contributed by atoms with Crippen LogP contribution in [-0.2, 0) is 0 Å². The standard InChI is InChI=1S/C14H18F2N2/c15-12-5-2-6-13(16)14(12)18-10-3-1-4-11(18)8-9(17)7-10/h2,5-6,9-11H,1,3-4,7-8,17H2. The normalized spacial score (nSPS) is 31.5. The van der Waals surface area contributed by atoms with Gasteiger partial charge in [-0.3, -0.25) is 0 Å². The lowest BCUT2D eigenvalue weighted by Crippen LogP contribution is -2.56. The van der Waals surface area contributed by atoms with Crippen molar-refractivity contribution in [3.05, 3.63) is 29.8 Å². The maximum Gasteiger partial charge on any atom is 0.149 e. The molecule has 98 valence electrons. The highest BCUT2D eigenvalue weighted by Gasteiger charge is 2.39. The number of nitrogens with zero attached hydrogens (tertiary/aromatic N) is 1. The Labute approximate surface area is 106 Å². The van der Waals surface area contributed by atoms with E-state index in [-0.39, 0.29) is 23.8 Å². The lowest BCUT2D eigenvalue weighted by atomic mass is 9.81. The molecule has 2 N–H and O–H groups in total. The summed E-state index contributed by atoms with van der Waals surface area (Å²) in [6.07, 6.45) is 4.78. The zero-order valence-corrected chi connectivity index (χ0v) is 10.3. The molecule has 1 aromatic carbocycles. The smallest absolute Gasteiger partial charge is 0.149 e. The average molecular weight is 252 g/mol. The molecule has 4 heteroatoms. The molecule has 2 nitrogen and oxygen atoms in total. The summed E-state index contributed by atoms with van der Waals surface area (Å²) < 4.78 is 27.9. The number of piperidine rings is 2. The fourth-order valence-corrected chi connectivity index (χ4v) is 3.52. The number of para-hydroxylation sites is 1. The van der Waals surface area contributed by atoms with Crippen molar-refractivity contribution in [2.75, 3.05) is 4.90 Å². The van der Waals surface area contributed by atoms with Crippen LogP contribution >= 0.6 is 0 Å². The van der Waals surface area contributed by atoms with Gasteiger partial charge in [0.15, 0.2) is 0 Å². The van der Waals surface area contributed by atoms with E-state index in [9.17, 15) is 8.78 Å². The lowest BCUT2D eigenvalue weighted by molar-refractivity contribution is 0.266. The van der Waals surface area contributed by atoms with Crippen LogP contribution in [-0.4, -0.2) is 18.1 Å². The van der Waals surface area contributed by atoms with E-state index in [0.29, 0.717) is 0 Å². The van der Waals surface area contributed by atoms with Crippen LogP contribution in [0.25, 0.3) is 0 Å². The van der Waals surface area contributed by atoms with Crippen LogP contribution < -0.4 is 10.6 Å². The highest BCUT2D eigenvalue weighted by Crippen LogP contribution is 2.39. The second-order valence-electron chi connectivity index (χ2n) is 5.45. The molecule has 0 aromatic heterocycles. The van der Waals surface area contributed by atoms with E-state index in [1.54, 1.807) is 0 Å². The van der Waals surface area contributed by atoms with Gasteiger partial charge in [0.25, 0.3) is 0 Å². The molecule has 2 atom stereocenters. The maximum absolute atomic E-state index is 13.9. The van der Waals surface area contributed by atoms with Gasteiger partial charge >= 0.3 is 0 Å². The van der Waals surface area contributed by atoms with Crippen molar-refractivity contribution in [2.24, 2.45) is 5.73 Å². The molecular weight excluding hydrogens is 234 g/mol. The van der Waals surface area contributed by atoms with Gasteiger partial charge in [-0.2, -0.15) is 0 Å². The van der Waals surface area contributed by atoms with Gasteiger partial charge in [-0.25, -0.2) is 8.78 Å². The fraction of sp³-hybridized carbons (Fsp3) is 0.571. The first-order chi connectivity index (χ1) is 8.66. The predicted molar refractivity (Wildman–Crippen MR) is 67.5 cm³/mol. The van der Waals surface area contributed by atoms with Gasteiger partial charge < -0.3 is 10.6 Å². The summed E-state index contributed by atoms with van der Waals surface area (Å²) in [4.78, 5) is 1.96. The van der Waals surface area contributed by atoms with E-state index < -0.39 is 11.6 Å². The van der Waals surface area contributed by atoms with Gasteiger partial charge in [0.05, 0.1) is 0 Å². The van der Waals surface area contributed by atoms with Crippen LogP contribution in [0.15, 0.2) is 18.2 Å². The van der Waals surface area contributed by atoms with Crippen molar-refractivity contribution in [2.45, 2.75) is 50.2 Å². The summed E-state index contributed by atoms with van der Waals surface area (Å²) in [5.41, 5.74) is 6.18. The third kappa shape index (κ3) is 1.88. The van der Waals surface area contributed by atoms with Gasteiger partial charge in [-0.1, -0.05) is 6.07 Å². The highest BCUT2D eigenvalue weighted by atomic mass is 19.1. The van der Waals surface area contributed by atoms with Crippen molar-refractivity contribution in [3.8, 4) is 0 Å². The second kappa shape index (κ2) is 4.50.